The van der Waals surface area contributed by atoms with E-state index in [-0.39, 0.29) is 0 Å². The molecule has 20 heavy (non-hydrogen) atoms. The van der Waals surface area contributed by atoms with E-state index < -0.39 is 0 Å². The Kier molecular flexibility index (Phi) is 4.17. The molecule has 0 saturated carbocycles. The van der Waals surface area contributed by atoms with Crippen LogP contribution in [-0.2, 0) is 13.0 Å². The summed E-state index contributed by atoms with van der Waals surface area (Å²) < 4.78 is 6.42. The summed E-state index contributed by atoms with van der Waals surface area (Å²) in [5.41, 5.74) is 1.18. The Balaban J connectivity index is 1.60. The first-order valence-corrected chi connectivity index (χ1v) is 7.76. The van der Waals surface area contributed by atoms with Gasteiger partial charge in [0.25, 0.3) is 0 Å². The Morgan fingerprint density at radius 1 is 1.35 bits per heavy atom. The Bertz CT molecular complexity index is 567. The van der Waals surface area contributed by atoms with Crippen molar-refractivity contribution < 1.29 is 4.52 Å². The van der Waals surface area contributed by atoms with Crippen molar-refractivity contribution in [2.24, 2.45) is 5.92 Å². The number of aromatic nitrogens is 2. The van der Waals surface area contributed by atoms with Crippen LogP contribution in [0.25, 0.3) is 0 Å². The maximum Gasteiger partial charge on any atom is 0.231 e. The van der Waals surface area contributed by atoms with Crippen molar-refractivity contribution in [1.29, 1.82) is 0 Å². The number of hydrogen-bond acceptors (Lipinski definition) is 4. The van der Waals surface area contributed by atoms with E-state index in [0.29, 0.717) is 12.3 Å². The lowest BCUT2D eigenvalue weighted by atomic mass is 10.1. The average molecular weight is 336 g/mol. The van der Waals surface area contributed by atoms with Crippen LogP contribution in [0.2, 0.25) is 0 Å². The Hall–Kier alpha value is -1.20. The third-order valence-electron chi connectivity index (χ3n) is 3.65. The molecule has 106 valence electrons. The predicted octanol–water partition coefficient (Wildman–Crippen LogP) is 3.26. The fraction of sp³-hybridized carbons (Fsp3) is 0.467. The van der Waals surface area contributed by atoms with E-state index in [9.17, 15) is 0 Å². The van der Waals surface area contributed by atoms with E-state index in [4.69, 9.17) is 4.52 Å². The minimum absolute atomic E-state index is 0.689. The van der Waals surface area contributed by atoms with Gasteiger partial charge < -0.3 is 4.52 Å². The van der Waals surface area contributed by atoms with Crippen LogP contribution in [0, 0.1) is 5.92 Å². The summed E-state index contributed by atoms with van der Waals surface area (Å²) in [6.07, 6.45) is 1.96. The van der Waals surface area contributed by atoms with Gasteiger partial charge >= 0.3 is 0 Å². The molecule has 1 aromatic heterocycles. The molecule has 1 fully saturated rings. The van der Waals surface area contributed by atoms with E-state index in [1.165, 1.54) is 12.0 Å². The van der Waals surface area contributed by atoms with Gasteiger partial charge in [-0.25, -0.2) is 0 Å². The third-order valence-corrected chi connectivity index (χ3v) is 4.18. The Morgan fingerprint density at radius 3 is 2.85 bits per heavy atom. The normalized spacial score (nSPS) is 19.6. The molecule has 2 aromatic rings. The lowest BCUT2D eigenvalue weighted by molar-refractivity contribution is 0.301. The zero-order chi connectivity index (χ0) is 13.9. The lowest BCUT2D eigenvalue weighted by Crippen LogP contribution is -2.20. The summed E-state index contributed by atoms with van der Waals surface area (Å²) in [5.74, 6) is 2.27. The first-order chi connectivity index (χ1) is 9.69. The predicted molar refractivity (Wildman–Crippen MR) is 80.3 cm³/mol. The second-order valence-electron chi connectivity index (χ2n) is 5.54. The summed E-state index contributed by atoms with van der Waals surface area (Å²) >= 11 is 3.43. The van der Waals surface area contributed by atoms with Crippen LogP contribution in [-0.4, -0.2) is 28.1 Å². The van der Waals surface area contributed by atoms with Crippen LogP contribution in [0.1, 0.15) is 30.6 Å². The molecular formula is C15H18BrN3O. The van der Waals surface area contributed by atoms with Crippen molar-refractivity contribution in [3.63, 3.8) is 0 Å². The molecule has 0 bridgehead atoms. The van der Waals surface area contributed by atoms with Gasteiger partial charge in [-0.15, -0.1) is 0 Å². The highest BCUT2D eigenvalue weighted by Crippen LogP contribution is 2.17. The molecule has 1 aliphatic heterocycles. The number of benzene rings is 1. The topological polar surface area (TPSA) is 42.2 Å². The third kappa shape index (κ3) is 3.46. The first kappa shape index (κ1) is 13.8. The number of rotatable bonds is 4. The maximum atomic E-state index is 5.34. The molecule has 0 aliphatic carbocycles. The molecule has 5 heteroatoms. The summed E-state index contributed by atoms with van der Waals surface area (Å²) in [4.78, 5) is 6.87. The number of halogens is 1. The van der Waals surface area contributed by atoms with Gasteiger partial charge in [-0.05, 0) is 36.6 Å². The molecule has 0 N–H and O–H groups in total. The highest BCUT2D eigenvalue weighted by Gasteiger charge is 2.20. The monoisotopic (exact) mass is 335 g/mol. The zero-order valence-electron chi connectivity index (χ0n) is 11.6. The summed E-state index contributed by atoms with van der Waals surface area (Å²) in [7, 11) is 0. The summed E-state index contributed by atoms with van der Waals surface area (Å²) in [6.45, 7) is 5.36. The fourth-order valence-electron chi connectivity index (χ4n) is 2.57. The van der Waals surface area contributed by atoms with Crippen LogP contribution >= 0.6 is 15.9 Å². The highest BCUT2D eigenvalue weighted by molar-refractivity contribution is 9.10. The highest BCUT2D eigenvalue weighted by atomic mass is 79.9. The first-order valence-electron chi connectivity index (χ1n) is 6.97. The maximum absolute atomic E-state index is 5.34. The van der Waals surface area contributed by atoms with Gasteiger partial charge in [0.1, 0.15) is 0 Å². The Labute approximate surface area is 127 Å². The van der Waals surface area contributed by atoms with Crippen LogP contribution in [0.4, 0.5) is 0 Å². The second-order valence-corrected chi connectivity index (χ2v) is 6.45. The Morgan fingerprint density at radius 2 is 2.15 bits per heavy atom. The average Bonchev–Trinajstić information content (AvgIpc) is 3.02. The molecule has 0 amide bonds. The molecule has 1 saturated heterocycles. The molecule has 4 nitrogen and oxygen atoms in total. The number of likely N-dealkylation sites (tertiary alicyclic amines) is 1. The molecule has 2 heterocycles. The quantitative estimate of drug-likeness (QED) is 0.859. The van der Waals surface area contributed by atoms with Crippen molar-refractivity contribution in [1.82, 2.24) is 15.0 Å². The van der Waals surface area contributed by atoms with Gasteiger partial charge in [0.15, 0.2) is 5.82 Å². The van der Waals surface area contributed by atoms with Gasteiger partial charge in [-0.1, -0.05) is 40.1 Å². The van der Waals surface area contributed by atoms with Gasteiger partial charge in [0, 0.05) is 11.0 Å². The van der Waals surface area contributed by atoms with E-state index in [2.05, 4.69) is 50.0 Å². The standard InChI is InChI=1S/C15H18BrN3O/c1-11-6-7-19(9-11)10-14-17-15(20-18-14)8-12-2-4-13(16)5-3-12/h2-5,11H,6-10H2,1H3. The van der Waals surface area contributed by atoms with Crippen LogP contribution < -0.4 is 0 Å². The molecule has 1 aromatic carbocycles. The minimum Gasteiger partial charge on any atom is -0.339 e. The lowest BCUT2D eigenvalue weighted by Gasteiger charge is -2.11. The molecule has 1 unspecified atom stereocenters. The molecule has 3 rings (SSSR count). The van der Waals surface area contributed by atoms with Gasteiger partial charge in [0.05, 0.1) is 13.0 Å². The van der Waals surface area contributed by atoms with Gasteiger partial charge in [-0.2, -0.15) is 4.98 Å². The molecule has 0 spiro atoms. The van der Waals surface area contributed by atoms with Crippen LogP contribution in [0.5, 0.6) is 0 Å². The largest absolute Gasteiger partial charge is 0.339 e. The van der Waals surface area contributed by atoms with Crippen molar-refractivity contribution in [2.75, 3.05) is 13.1 Å². The smallest absolute Gasteiger partial charge is 0.231 e. The SMILES string of the molecule is CC1CCN(Cc2noc(Cc3ccc(Br)cc3)n2)C1. The van der Waals surface area contributed by atoms with Crippen molar-refractivity contribution >= 4 is 15.9 Å². The van der Waals surface area contributed by atoms with E-state index in [0.717, 1.165) is 35.8 Å². The van der Waals surface area contributed by atoms with Crippen molar-refractivity contribution in [3.8, 4) is 0 Å². The van der Waals surface area contributed by atoms with Crippen LogP contribution in [0.15, 0.2) is 33.3 Å². The fourth-order valence-corrected chi connectivity index (χ4v) is 2.84. The van der Waals surface area contributed by atoms with Gasteiger partial charge in [-0.3, -0.25) is 4.90 Å². The molecule has 1 atom stereocenters. The number of nitrogens with zero attached hydrogens (tertiary/aromatic N) is 3. The summed E-state index contributed by atoms with van der Waals surface area (Å²) in [6, 6.07) is 8.18. The molecule has 1 aliphatic rings. The van der Waals surface area contributed by atoms with Crippen molar-refractivity contribution in [3.05, 3.63) is 46.0 Å². The van der Waals surface area contributed by atoms with Gasteiger partial charge in [0.2, 0.25) is 5.89 Å². The van der Waals surface area contributed by atoms with Crippen LogP contribution in [0.3, 0.4) is 0 Å². The van der Waals surface area contributed by atoms with Crippen molar-refractivity contribution in [2.45, 2.75) is 26.3 Å². The summed E-state index contributed by atoms with van der Waals surface area (Å²) in [5, 5.41) is 4.08. The molecule has 0 radical (unpaired) electrons. The number of hydrogen-bond donors (Lipinski definition) is 0. The molecular weight excluding hydrogens is 318 g/mol. The van der Waals surface area contributed by atoms with E-state index >= 15 is 0 Å². The zero-order valence-corrected chi connectivity index (χ0v) is 13.1. The van der Waals surface area contributed by atoms with E-state index in [1.54, 1.807) is 0 Å². The minimum atomic E-state index is 0.689. The second kappa shape index (κ2) is 6.06. The van der Waals surface area contributed by atoms with E-state index in [1.807, 2.05) is 12.1 Å².